The van der Waals surface area contributed by atoms with E-state index in [9.17, 15) is 13.2 Å². The number of pyridine rings is 1. The molecule has 1 saturated carbocycles. The predicted molar refractivity (Wildman–Crippen MR) is 110 cm³/mol. The van der Waals surface area contributed by atoms with Gasteiger partial charge in [-0.05, 0) is 31.9 Å². The molecule has 0 N–H and O–H groups in total. The highest BCUT2D eigenvalue weighted by atomic mass is 19.4. The highest BCUT2D eigenvalue weighted by molar-refractivity contribution is 5.79. The second-order valence-corrected chi connectivity index (χ2v) is 7.86. The van der Waals surface area contributed by atoms with Crippen LogP contribution in [0.3, 0.4) is 0 Å². The summed E-state index contributed by atoms with van der Waals surface area (Å²) in [6.07, 6.45) is 7.58. The molecule has 7 nitrogen and oxygen atoms in total. The summed E-state index contributed by atoms with van der Waals surface area (Å²) in [4.78, 5) is 16.7. The summed E-state index contributed by atoms with van der Waals surface area (Å²) in [5.41, 5.74) is 4.06. The van der Waals surface area contributed by atoms with Crippen LogP contribution in [0, 0.1) is 6.92 Å². The maximum atomic E-state index is 9.67. The molecule has 2 aliphatic rings. The molecule has 10 heteroatoms. The van der Waals surface area contributed by atoms with E-state index in [-0.39, 0.29) is 6.10 Å². The minimum Gasteiger partial charge on any atom is -0.370 e. The average Bonchev–Trinajstić information content (AvgIpc) is 3.12. The fourth-order valence-corrected chi connectivity index (χ4v) is 3.89. The summed E-state index contributed by atoms with van der Waals surface area (Å²) in [6, 6.07) is 4.19. The van der Waals surface area contributed by atoms with Crippen LogP contribution >= 0.6 is 0 Å². The van der Waals surface area contributed by atoms with E-state index in [2.05, 4.69) is 22.1 Å². The van der Waals surface area contributed by atoms with Crippen molar-refractivity contribution in [1.82, 2.24) is 24.7 Å². The van der Waals surface area contributed by atoms with E-state index >= 15 is 0 Å². The van der Waals surface area contributed by atoms with E-state index in [1.807, 2.05) is 31.0 Å². The van der Waals surface area contributed by atoms with Gasteiger partial charge < -0.3 is 9.64 Å². The molecule has 2 fully saturated rings. The van der Waals surface area contributed by atoms with Crippen LogP contribution in [0.2, 0.25) is 0 Å². The number of hydrogen-bond acceptors (Lipinski definition) is 6. The molecule has 0 radical (unpaired) electrons. The molecule has 0 amide bonds. The Morgan fingerprint density at radius 3 is 2.55 bits per heavy atom. The summed E-state index contributed by atoms with van der Waals surface area (Å²) in [5.74, 6) is 1.31. The summed E-state index contributed by atoms with van der Waals surface area (Å²) in [6.45, 7) is 0.518. The molecular weight excluding hydrogens is 409 g/mol. The number of anilines is 1. The Labute approximate surface area is 178 Å². The smallest absolute Gasteiger partial charge is 0.370 e. The number of aryl methyl sites for hydroxylation is 2. The predicted octanol–water partition coefficient (Wildman–Crippen LogP) is 4.09. The van der Waals surface area contributed by atoms with Crippen molar-refractivity contribution >= 4 is 17.0 Å². The van der Waals surface area contributed by atoms with Gasteiger partial charge in [-0.15, -0.1) is 0 Å². The first kappa shape index (κ1) is 21.5. The van der Waals surface area contributed by atoms with Crippen LogP contribution in [0.1, 0.15) is 48.2 Å². The van der Waals surface area contributed by atoms with Crippen molar-refractivity contribution in [1.29, 1.82) is 0 Å². The quantitative estimate of drug-likeness (QED) is 0.619. The van der Waals surface area contributed by atoms with Gasteiger partial charge in [-0.25, -0.2) is 9.97 Å². The Balaban J connectivity index is 0.000000535. The minimum absolute atomic E-state index is 0.00984. The molecule has 1 unspecified atom stereocenters. The third-order valence-corrected chi connectivity index (χ3v) is 5.65. The molecule has 3 aromatic heterocycles. The molecule has 1 saturated heterocycles. The van der Waals surface area contributed by atoms with Crippen LogP contribution in [0.15, 0.2) is 24.5 Å². The van der Waals surface area contributed by atoms with Crippen molar-refractivity contribution in [3.8, 4) is 0 Å². The number of aromatic nitrogens is 5. The highest BCUT2D eigenvalue weighted by Crippen LogP contribution is 2.39. The summed E-state index contributed by atoms with van der Waals surface area (Å²) in [7, 11) is 1.93. The standard InChI is InChI=1S/C20H24N6O.CHF3/c1-13-6-7-16-18(14-4-3-5-14)23-20(24-19(16)22-13)26-8-9-27-17(12-26)15-10-21-25(2)11-15;2-1(3)4/h6-7,10-11,14,17H,3-5,8-9,12H2,1-2H3;1H. The summed E-state index contributed by atoms with van der Waals surface area (Å²) >= 11 is 0. The molecule has 1 atom stereocenters. The van der Waals surface area contributed by atoms with Crippen molar-refractivity contribution in [3.63, 3.8) is 0 Å². The van der Waals surface area contributed by atoms with Crippen molar-refractivity contribution < 1.29 is 17.9 Å². The van der Waals surface area contributed by atoms with Gasteiger partial charge in [0.15, 0.2) is 5.65 Å². The van der Waals surface area contributed by atoms with Crippen LogP contribution in [0.5, 0.6) is 0 Å². The second kappa shape index (κ2) is 9.17. The maximum Gasteiger partial charge on any atom is 0.379 e. The first-order valence-electron chi connectivity index (χ1n) is 10.3. The minimum atomic E-state index is -3.67. The monoisotopic (exact) mass is 434 g/mol. The van der Waals surface area contributed by atoms with Crippen molar-refractivity contribution in [3.05, 3.63) is 41.5 Å². The van der Waals surface area contributed by atoms with Gasteiger partial charge in [0.1, 0.15) is 6.10 Å². The van der Waals surface area contributed by atoms with Crippen molar-refractivity contribution in [2.75, 3.05) is 24.6 Å². The summed E-state index contributed by atoms with van der Waals surface area (Å²) in [5, 5.41) is 5.38. The number of rotatable bonds is 3. The molecule has 4 heterocycles. The Morgan fingerprint density at radius 2 is 1.90 bits per heavy atom. The number of halogens is 3. The van der Waals surface area contributed by atoms with E-state index < -0.39 is 6.68 Å². The summed E-state index contributed by atoms with van der Waals surface area (Å²) < 4.78 is 36.8. The van der Waals surface area contributed by atoms with Crippen LogP contribution < -0.4 is 4.90 Å². The molecule has 0 spiro atoms. The maximum absolute atomic E-state index is 9.67. The van der Waals surface area contributed by atoms with Gasteiger partial charge in [0.05, 0.1) is 25.0 Å². The molecule has 1 aliphatic heterocycles. The van der Waals surface area contributed by atoms with Crippen LogP contribution in [-0.4, -0.2) is 51.1 Å². The zero-order chi connectivity index (χ0) is 22.0. The van der Waals surface area contributed by atoms with Gasteiger partial charge in [-0.2, -0.15) is 23.3 Å². The van der Waals surface area contributed by atoms with E-state index in [0.717, 1.165) is 47.0 Å². The SMILES string of the molecule is Cc1ccc2c(C3CCC3)nc(N3CCOC(c4cnn(C)c4)C3)nc2n1.FC(F)F. The lowest BCUT2D eigenvalue weighted by molar-refractivity contribution is 0.00819. The number of ether oxygens (including phenoxy) is 1. The molecule has 0 aromatic carbocycles. The van der Waals surface area contributed by atoms with E-state index in [1.54, 1.807) is 0 Å². The topological polar surface area (TPSA) is 69.0 Å². The first-order valence-corrected chi connectivity index (χ1v) is 10.3. The lowest BCUT2D eigenvalue weighted by atomic mass is 9.82. The Kier molecular flexibility index (Phi) is 6.35. The largest absolute Gasteiger partial charge is 0.379 e. The zero-order valence-electron chi connectivity index (χ0n) is 17.5. The molecule has 3 aromatic rings. The molecular formula is C21H25F3N6O. The number of morpholine rings is 1. The Hall–Kier alpha value is -2.75. The zero-order valence-corrected chi connectivity index (χ0v) is 17.5. The average molecular weight is 434 g/mol. The second-order valence-electron chi connectivity index (χ2n) is 7.86. The van der Waals surface area contributed by atoms with Gasteiger partial charge in [-0.1, -0.05) is 6.42 Å². The normalized spacial score (nSPS) is 19.3. The van der Waals surface area contributed by atoms with Crippen molar-refractivity contribution in [2.24, 2.45) is 7.05 Å². The van der Waals surface area contributed by atoms with E-state index in [0.29, 0.717) is 12.5 Å². The van der Waals surface area contributed by atoms with Crippen molar-refractivity contribution in [2.45, 2.75) is 44.9 Å². The number of hydrogen-bond donors (Lipinski definition) is 0. The number of alkyl halides is 3. The first-order chi connectivity index (χ1) is 14.9. The number of fused-ring (bicyclic) bond motifs is 1. The van der Waals surface area contributed by atoms with Crippen LogP contribution in [0.4, 0.5) is 19.1 Å². The Morgan fingerprint density at radius 1 is 1.13 bits per heavy atom. The fourth-order valence-electron chi connectivity index (χ4n) is 3.89. The van der Waals surface area contributed by atoms with Gasteiger partial charge in [0.2, 0.25) is 5.95 Å². The molecule has 31 heavy (non-hydrogen) atoms. The van der Waals surface area contributed by atoms with Gasteiger partial charge in [0.25, 0.3) is 0 Å². The molecule has 166 valence electrons. The van der Waals surface area contributed by atoms with Gasteiger partial charge >= 0.3 is 6.68 Å². The van der Waals surface area contributed by atoms with Crippen LogP contribution in [0.25, 0.3) is 11.0 Å². The molecule has 0 bridgehead atoms. The van der Waals surface area contributed by atoms with Gasteiger partial charge in [-0.3, -0.25) is 4.68 Å². The highest BCUT2D eigenvalue weighted by Gasteiger charge is 2.28. The van der Waals surface area contributed by atoms with E-state index in [1.165, 1.54) is 19.3 Å². The third kappa shape index (κ3) is 4.95. The van der Waals surface area contributed by atoms with E-state index in [4.69, 9.17) is 19.7 Å². The fraction of sp³-hybridized carbons (Fsp3) is 0.524. The number of nitrogens with zero attached hydrogens (tertiary/aromatic N) is 6. The van der Waals surface area contributed by atoms with Gasteiger partial charge in [0, 0.05) is 42.4 Å². The lowest BCUT2D eigenvalue weighted by Crippen LogP contribution is -2.39. The molecule has 5 rings (SSSR count). The lowest BCUT2D eigenvalue weighted by Gasteiger charge is -2.33. The third-order valence-electron chi connectivity index (χ3n) is 5.65. The molecule has 1 aliphatic carbocycles. The Bertz CT molecular complexity index is 1040. The van der Waals surface area contributed by atoms with Crippen LogP contribution in [-0.2, 0) is 11.8 Å².